The Morgan fingerprint density at radius 3 is 2.60 bits per heavy atom. The normalized spacial score (nSPS) is 11.1. The van der Waals surface area contributed by atoms with Crippen LogP contribution < -0.4 is 0 Å². The Morgan fingerprint density at radius 2 is 2.10 bits per heavy atom. The van der Waals surface area contributed by atoms with Gasteiger partial charge in [-0.2, -0.15) is 5.10 Å². The van der Waals surface area contributed by atoms with E-state index in [1.807, 2.05) is 19.1 Å². The highest BCUT2D eigenvalue weighted by Gasteiger charge is 2.32. The first-order chi connectivity index (χ1) is 9.41. The highest BCUT2D eigenvalue weighted by atomic mass is 35.5. The van der Waals surface area contributed by atoms with Gasteiger partial charge in [0.15, 0.2) is 0 Å². The molecule has 0 aliphatic rings. The van der Waals surface area contributed by atoms with Crippen LogP contribution in [0.5, 0.6) is 0 Å². The molecule has 0 aliphatic heterocycles. The van der Waals surface area contributed by atoms with Gasteiger partial charge in [-0.15, -0.1) is 0 Å². The van der Waals surface area contributed by atoms with Crippen LogP contribution in [-0.4, -0.2) is 14.7 Å². The van der Waals surface area contributed by atoms with Crippen molar-refractivity contribution in [3.63, 3.8) is 0 Å². The molecule has 0 fully saturated rings. The maximum absolute atomic E-state index is 12.8. The van der Waals surface area contributed by atoms with Gasteiger partial charge >= 0.3 is 5.69 Å². The Bertz CT molecular complexity index is 658. The molecular formula is C12H10ClF2N3O2. The Kier molecular flexibility index (Phi) is 3.99. The summed E-state index contributed by atoms with van der Waals surface area (Å²) in [7, 11) is 0. The average Bonchev–Trinajstić information content (AvgIpc) is 2.70. The molecule has 1 aromatic heterocycles. The number of aryl methyl sites for hydroxylation is 1. The zero-order chi connectivity index (χ0) is 14.9. The summed E-state index contributed by atoms with van der Waals surface area (Å²) in [4.78, 5) is 9.87. The van der Waals surface area contributed by atoms with E-state index in [0.717, 1.165) is 15.8 Å². The molecule has 0 N–H and O–H groups in total. The zero-order valence-corrected chi connectivity index (χ0v) is 11.1. The molecule has 2 aromatic rings. The molecule has 0 unspecified atom stereocenters. The van der Waals surface area contributed by atoms with Crippen LogP contribution in [0.3, 0.4) is 0 Å². The van der Waals surface area contributed by atoms with Crippen LogP contribution in [0.4, 0.5) is 14.5 Å². The van der Waals surface area contributed by atoms with Crippen LogP contribution in [0.1, 0.15) is 23.2 Å². The number of benzene rings is 1. The second-order valence-electron chi connectivity index (χ2n) is 4.17. The van der Waals surface area contributed by atoms with Crippen molar-refractivity contribution in [2.75, 3.05) is 0 Å². The van der Waals surface area contributed by atoms with Crippen molar-refractivity contribution in [3.8, 4) is 0 Å². The van der Waals surface area contributed by atoms with Gasteiger partial charge < -0.3 is 0 Å². The van der Waals surface area contributed by atoms with Crippen LogP contribution in [-0.2, 0) is 6.54 Å². The summed E-state index contributed by atoms with van der Waals surface area (Å²) in [5, 5.41) is 14.0. The minimum absolute atomic E-state index is 0.0963. The predicted octanol–water partition coefficient (Wildman–Crippen LogP) is 3.74. The van der Waals surface area contributed by atoms with Gasteiger partial charge in [-0.3, -0.25) is 10.1 Å². The molecule has 1 aromatic carbocycles. The lowest BCUT2D eigenvalue weighted by Crippen LogP contribution is -2.04. The molecule has 0 bridgehead atoms. The fraction of sp³-hybridized carbons (Fsp3) is 0.250. The minimum atomic E-state index is -3.05. The first-order valence-corrected chi connectivity index (χ1v) is 6.03. The average molecular weight is 302 g/mol. The fourth-order valence-electron chi connectivity index (χ4n) is 1.82. The molecule has 5 nitrogen and oxygen atoms in total. The van der Waals surface area contributed by atoms with Crippen molar-refractivity contribution in [3.05, 3.63) is 56.4 Å². The zero-order valence-electron chi connectivity index (χ0n) is 10.4. The number of nitro groups is 1. The van der Waals surface area contributed by atoms with E-state index < -0.39 is 27.9 Å². The molecule has 0 atom stereocenters. The van der Waals surface area contributed by atoms with Crippen LogP contribution >= 0.6 is 11.6 Å². The molecule has 106 valence electrons. The summed E-state index contributed by atoms with van der Waals surface area (Å²) >= 11 is 5.80. The van der Waals surface area contributed by atoms with E-state index in [4.69, 9.17) is 11.6 Å². The monoisotopic (exact) mass is 301 g/mol. The van der Waals surface area contributed by atoms with E-state index in [0.29, 0.717) is 0 Å². The van der Waals surface area contributed by atoms with Gasteiger partial charge in [0.05, 0.1) is 11.5 Å². The number of aromatic nitrogens is 2. The van der Waals surface area contributed by atoms with Crippen molar-refractivity contribution in [1.82, 2.24) is 9.78 Å². The van der Waals surface area contributed by atoms with Gasteiger partial charge in [0.2, 0.25) is 10.8 Å². The van der Waals surface area contributed by atoms with E-state index in [1.54, 1.807) is 12.1 Å². The standard InChI is InChI=1S/C12H10ClF2N3O2/c1-7-4-2-3-5-8(7)6-17-11(13)10(18(19)20)9(16-17)12(14)15/h2-5,12H,6H2,1H3. The van der Waals surface area contributed by atoms with Crippen LogP contribution in [0, 0.1) is 17.0 Å². The van der Waals surface area contributed by atoms with E-state index in [1.165, 1.54) is 0 Å². The minimum Gasteiger partial charge on any atom is -0.258 e. The smallest absolute Gasteiger partial charge is 0.258 e. The summed E-state index contributed by atoms with van der Waals surface area (Å²) in [5.41, 5.74) is -0.0308. The second kappa shape index (κ2) is 5.54. The third-order valence-electron chi connectivity index (χ3n) is 2.86. The summed E-state index contributed by atoms with van der Waals surface area (Å²) in [6, 6.07) is 7.23. The van der Waals surface area contributed by atoms with Gasteiger partial charge in [-0.05, 0) is 18.1 Å². The van der Waals surface area contributed by atoms with E-state index >= 15 is 0 Å². The highest BCUT2D eigenvalue weighted by Crippen LogP contribution is 2.34. The van der Waals surface area contributed by atoms with Crippen LogP contribution in [0.2, 0.25) is 5.15 Å². The molecule has 0 saturated carbocycles. The van der Waals surface area contributed by atoms with Crippen LogP contribution in [0.25, 0.3) is 0 Å². The number of rotatable bonds is 4. The van der Waals surface area contributed by atoms with Gasteiger partial charge in [0.25, 0.3) is 6.43 Å². The molecule has 0 aliphatic carbocycles. The first kappa shape index (κ1) is 14.4. The van der Waals surface area contributed by atoms with Crippen molar-refractivity contribution in [2.24, 2.45) is 0 Å². The van der Waals surface area contributed by atoms with E-state index in [9.17, 15) is 18.9 Å². The number of hydrogen-bond donors (Lipinski definition) is 0. The lowest BCUT2D eigenvalue weighted by Gasteiger charge is -2.05. The summed E-state index contributed by atoms with van der Waals surface area (Å²) in [6.45, 7) is 1.94. The molecule has 0 amide bonds. The molecule has 8 heteroatoms. The third kappa shape index (κ3) is 2.62. The van der Waals surface area contributed by atoms with E-state index in [-0.39, 0.29) is 6.54 Å². The third-order valence-corrected chi connectivity index (χ3v) is 3.24. The van der Waals surface area contributed by atoms with Crippen molar-refractivity contribution in [2.45, 2.75) is 19.9 Å². The summed E-state index contributed by atoms with van der Waals surface area (Å²) in [6.07, 6.45) is -3.05. The molecule has 0 saturated heterocycles. The lowest BCUT2D eigenvalue weighted by molar-refractivity contribution is -0.386. The Hall–Kier alpha value is -2.02. The van der Waals surface area contributed by atoms with Gasteiger partial charge in [0, 0.05) is 0 Å². The Morgan fingerprint density at radius 1 is 1.45 bits per heavy atom. The van der Waals surface area contributed by atoms with Crippen molar-refractivity contribution >= 4 is 17.3 Å². The summed E-state index contributed by atoms with van der Waals surface area (Å²) < 4.78 is 26.5. The number of nitrogens with zero attached hydrogens (tertiary/aromatic N) is 3. The van der Waals surface area contributed by atoms with Crippen molar-refractivity contribution in [1.29, 1.82) is 0 Å². The first-order valence-electron chi connectivity index (χ1n) is 5.65. The summed E-state index contributed by atoms with van der Waals surface area (Å²) in [5.74, 6) is 0. The molecule has 0 spiro atoms. The highest BCUT2D eigenvalue weighted by molar-refractivity contribution is 6.31. The molecule has 0 radical (unpaired) electrons. The largest absolute Gasteiger partial charge is 0.335 e. The predicted molar refractivity (Wildman–Crippen MR) is 69.1 cm³/mol. The SMILES string of the molecule is Cc1ccccc1Cn1nc(C(F)F)c([N+](=O)[O-])c1Cl. The van der Waals surface area contributed by atoms with Crippen LogP contribution in [0.15, 0.2) is 24.3 Å². The van der Waals surface area contributed by atoms with E-state index in [2.05, 4.69) is 5.10 Å². The number of hydrogen-bond acceptors (Lipinski definition) is 3. The fourth-order valence-corrected chi connectivity index (χ4v) is 2.08. The quantitative estimate of drug-likeness (QED) is 0.638. The second-order valence-corrected chi connectivity index (χ2v) is 4.52. The van der Waals surface area contributed by atoms with Gasteiger partial charge in [0.1, 0.15) is 0 Å². The lowest BCUT2D eigenvalue weighted by atomic mass is 10.1. The molecular weight excluding hydrogens is 292 g/mol. The number of halogens is 3. The molecule has 1 heterocycles. The maximum atomic E-state index is 12.8. The topological polar surface area (TPSA) is 61.0 Å². The van der Waals surface area contributed by atoms with Gasteiger partial charge in [-0.1, -0.05) is 35.9 Å². The van der Waals surface area contributed by atoms with Gasteiger partial charge in [-0.25, -0.2) is 13.5 Å². The molecule has 20 heavy (non-hydrogen) atoms. The maximum Gasteiger partial charge on any atom is 0.335 e. The molecule has 2 rings (SSSR count). The number of alkyl halides is 2. The van der Waals surface area contributed by atoms with Crippen molar-refractivity contribution < 1.29 is 13.7 Å². The Balaban J connectivity index is 2.46. The Labute approximate surface area is 117 Å².